The number of benzene rings is 4. The number of nitrogens with two attached hydrogens (primary N) is 1. The lowest BCUT2D eigenvalue weighted by Crippen LogP contribution is -2.45. The molecule has 0 radical (unpaired) electrons. The van der Waals surface area contributed by atoms with Crippen LogP contribution in [0.5, 0.6) is 28.7 Å². The van der Waals surface area contributed by atoms with E-state index < -0.39 is 64.7 Å². The first-order valence-electron chi connectivity index (χ1n) is 19.2. The van der Waals surface area contributed by atoms with Crippen molar-refractivity contribution in [1.29, 1.82) is 0 Å². The lowest BCUT2D eigenvalue weighted by Gasteiger charge is -2.18. The molecule has 6 rings (SSSR count). The van der Waals surface area contributed by atoms with Crippen molar-refractivity contribution < 1.29 is 58.7 Å². The number of hydrogen-bond donors (Lipinski definition) is 11. The predicted molar refractivity (Wildman–Crippen MR) is 231 cm³/mol. The minimum Gasteiger partial charge on any atom is -0.508 e. The standard InChI is InChI=1S/C43H40N10O12/c1-64-36-31(15-12-27(34(36)55)39(58)49-30-16-13-28(43(62)63)35(56)37(30)65-2)50-41(60)32-14-9-24(19-45-32)48-42(61)33(18-25-20-46-53-52-25)51-38(57)22-5-7-23(8-6-22)47-40(59)29(44)17-21-3-10-26(54)11-4-21/h3-16,19-20,29,33,54-56H,17-18,44H2,1-2H3,(H,47,59)(H,48,61)(H,49,58)(H,50,60)(H,51,57)(H,62,63)(H,46,52,53)/t29?,33-/m0/s1. The maximum Gasteiger partial charge on any atom is 0.339 e. The summed E-state index contributed by atoms with van der Waals surface area (Å²) in [6.45, 7) is 0. The number of amides is 5. The number of aromatic carboxylic acids is 1. The number of aromatic hydroxyl groups is 3. The number of phenolic OH excluding ortho intramolecular Hbond substituents is 2. The summed E-state index contributed by atoms with van der Waals surface area (Å²) in [7, 11) is 2.34. The summed E-state index contributed by atoms with van der Waals surface area (Å²) in [5.41, 5.74) is 6.81. The number of H-pyrrole nitrogens is 1. The van der Waals surface area contributed by atoms with Gasteiger partial charge in [-0.15, -0.1) is 0 Å². The number of carboxylic acid groups (broad SMARTS) is 1. The van der Waals surface area contributed by atoms with Crippen LogP contribution in [0.1, 0.15) is 52.8 Å². The number of carboxylic acids is 1. The van der Waals surface area contributed by atoms with Crippen LogP contribution in [0, 0.1) is 0 Å². The molecule has 22 heteroatoms. The lowest BCUT2D eigenvalue weighted by molar-refractivity contribution is -0.118. The molecule has 2 aromatic heterocycles. The number of hydrogen-bond acceptors (Lipinski definition) is 15. The van der Waals surface area contributed by atoms with Crippen LogP contribution in [-0.4, -0.2) is 103 Å². The van der Waals surface area contributed by atoms with E-state index in [0.29, 0.717) is 11.4 Å². The molecule has 65 heavy (non-hydrogen) atoms. The zero-order valence-corrected chi connectivity index (χ0v) is 34.3. The highest BCUT2D eigenvalue weighted by Gasteiger charge is 2.26. The first-order chi connectivity index (χ1) is 31.1. The molecule has 1 unspecified atom stereocenters. The number of nitrogens with zero attached hydrogens (tertiary/aromatic N) is 3. The van der Waals surface area contributed by atoms with Crippen LogP contribution in [-0.2, 0) is 22.4 Å². The van der Waals surface area contributed by atoms with Gasteiger partial charge in [0.2, 0.25) is 11.8 Å². The SMILES string of the molecule is COc1c(NC(=O)c2ccc(NC(=O)c3ccc(NC(=O)[C@H](Cc4cn[nH]n4)NC(=O)c4ccc(NC(=O)C(N)Cc5ccc(O)cc5)cc4)cn3)c(OC)c2O)ccc(C(=O)O)c1O. The molecular formula is C43H40N10O12. The van der Waals surface area contributed by atoms with Gasteiger partial charge in [-0.3, -0.25) is 24.0 Å². The predicted octanol–water partition coefficient (Wildman–Crippen LogP) is 3.02. The number of pyridine rings is 1. The second kappa shape index (κ2) is 20.2. The molecule has 0 saturated carbocycles. The lowest BCUT2D eigenvalue weighted by atomic mass is 10.1. The molecule has 0 aliphatic rings. The molecule has 0 saturated heterocycles. The van der Waals surface area contributed by atoms with Crippen molar-refractivity contribution >= 4 is 58.3 Å². The number of ether oxygens (including phenoxy) is 2. The molecule has 0 aliphatic carbocycles. The van der Waals surface area contributed by atoms with Gasteiger partial charge in [0.1, 0.15) is 23.0 Å². The number of carbonyl (C=O) groups excluding carboxylic acids is 5. The fourth-order valence-corrected chi connectivity index (χ4v) is 6.22. The van der Waals surface area contributed by atoms with Crippen LogP contribution in [0.15, 0.2) is 97.3 Å². The molecule has 5 amide bonds. The number of aromatic nitrogens is 4. The molecule has 0 bridgehead atoms. The third-order valence-electron chi connectivity index (χ3n) is 9.55. The van der Waals surface area contributed by atoms with Gasteiger partial charge in [-0.25, -0.2) is 9.78 Å². The number of carbonyl (C=O) groups is 6. The molecular weight excluding hydrogens is 849 g/mol. The number of methoxy groups -OCH3 is 2. The van der Waals surface area contributed by atoms with Crippen LogP contribution in [0.3, 0.4) is 0 Å². The van der Waals surface area contributed by atoms with E-state index in [9.17, 15) is 49.2 Å². The molecule has 0 aliphatic heterocycles. The summed E-state index contributed by atoms with van der Waals surface area (Å²) in [6, 6.07) is 17.5. The molecule has 334 valence electrons. The highest BCUT2D eigenvalue weighted by Crippen LogP contribution is 2.40. The Labute approximate surface area is 367 Å². The van der Waals surface area contributed by atoms with E-state index in [-0.39, 0.29) is 64.0 Å². The largest absolute Gasteiger partial charge is 0.508 e. The van der Waals surface area contributed by atoms with E-state index in [0.717, 1.165) is 18.7 Å². The van der Waals surface area contributed by atoms with Crippen molar-refractivity contribution in [3.63, 3.8) is 0 Å². The summed E-state index contributed by atoms with van der Waals surface area (Å²) < 4.78 is 10.3. The van der Waals surface area contributed by atoms with Gasteiger partial charge in [0, 0.05) is 17.7 Å². The van der Waals surface area contributed by atoms with Crippen molar-refractivity contribution in [3.8, 4) is 28.7 Å². The maximum absolute atomic E-state index is 13.5. The second-order valence-electron chi connectivity index (χ2n) is 14.0. The first kappa shape index (κ1) is 45.5. The van der Waals surface area contributed by atoms with E-state index >= 15 is 0 Å². The van der Waals surface area contributed by atoms with Gasteiger partial charge in [0.15, 0.2) is 23.0 Å². The van der Waals surface area contributed by atoms with Gasteiger partial charge in [0.25, 0.3) is 17.7 Å². The molecule has 22 nitrogen and oxygen atoms in total. The van der Waals surface area contributed by atoms with E-state index in [2.05, 4.69) is 47.0 Å². The zero-order valence-electron chi connectivity index (χ0n) is 34.3. The fraction of sp³-hybridized carbons (Fsp3) is 0.140. The van der Waals surface area contributed by atoms with E-state index in [1.54, 1.807) is 12.1 Å². The van der Waals surface area contributed by atoms with Gasteiger partial charge < -0.3 is 62.2 Å². The Morgan fingerprint density at radius 3 is 1.85 bits per heavy atom. The van der Waals surface area contributed by atoms with Crippen LogP contribution < -0.4 is 41.8 Å². The van der Waals surface area contributed by atoms with Crippen molar-refractivity contribution in [2.24, 2.45) is 5.73 Å². The Hall–Kier alpha value is -9.05. The third kappa shape index (κ3) is 11.1. The first-order valence-corrected chi connectivity index (χ1v) is 19.2. The van der Waals surface area contributed by atoms with Gasteiger partial charge in [-0.2, -0.15) is 15.4 Å². The topological polar surface area (TPSA) is 342 Å². The summed E-state index contributed by atoms with van der Waals surface area (Å²) in [4.78, 5) is 81.5. The Kier molecular flexibility index (Phi) is 14.1. The molecule has 0 spiro atoms. The number of phenols is 3. The highest BCUT2D eigenvalue weighted by molar-refractivity contribution is 6.10. The van der Waals surface area contributed by atoms with E-state index in [1.807, 2.05) is 0 Å². The van der Waals surface area contributed by atoms with Crippen molar-refractivity contribution in [2.45, 2.75) is 24.9 Å². The van der Waals surface area contributed by atoms with Crippen LogP contribution >= 0.6 is 0 Å². The number of rotatable bonds is 17. The minimum atomic E-state index is -1.43. The highest BCUT2D eigenvalue weighted by atomic mass is 16.5. The molecule has 2 heterocycles. The third-order valence-corrected chi connectivity index (χ3v) is 9.55. The average molecular weight is 889 g/mol. The molecule has 4 aromatic carbocycles. The van der Waals surface area contributed by atoms with Crippen molar-refractivity contribution in [3.05, 3.63) is 131 Å². The molecule has 6 aromatic rings. The van der Waals surface area contributed by atoms with E-state index in [4.69, 9.17) is 15.2 Å². The Morgan fingerprint density at radius 2 is 1.26 bits per heavy atom. The number of nitrogens with one attached hydrogen (secondary N) is 6. The molecule has 2 atom stereocenters. The zero-order chi connectivity index (χ0) is 46.8. The quantitative estimate of drug-likeness (QED) is 0.0627. The summed E-state index contributed by atoms with van der Waals surface area (Å²) in [5.74, 6) is -6.78. The van der Waals surface area contributed by atoms with Gasteiger partial charge in [-0.05, 0) is 84.8 Å². The van der Waals surface area contributed by atoms with Gasteiger partial charge in [-0.1, -0.05) is 12.1 Å². The summed E-state index contributed by atoms with van der Waals surface area (Å²) in [5, 5.41) is 63.2. The Morgan fingerprint density at radius 1 is 0.662 bits per heavy atom. The monoisotopic (exact) mass is 888 g/mol. The number of aromatic amines is 1. The Balaban J connectivity index is 1.07. The maximum atomic E-state index is 13.5. The normalized spacial score (nSPS) is 11.6. The van der Waals surface area contributed by atoms with Crippen LogP contribution in [0.25, 0.3) is 0 Å². The second-order valence-corrected chi connectivity index (χ2v) is 14.0. The van der Waals surface area contributed by atoms with Crippen LogP contribution in [0.4, 0.5) is 22.7 Å². The Bertz CT molecular complexity index is 2730. The van der Waals surface area contributed by atoms with Gasteiger partial charge >= 0.3 is 5.97 Å². The van der Waals surface area contributed by atoms with Crippen molar-refractivity contribution in [1.82, 2.24) is 25.7 Å². The average Bonchev–Trinajstić information content (AvgIpc) is 3.80. The van der Waals surface area contributed by atoms with Crippen LogP contribution in [0.2, 0.25) is 0 Å². The fourth-order valence-electron chi connectivity index (χ4n) is 6.22. The van der Waals surface area contributed by atoms with E-state index in [1.165, 1.54) is 86.2 Å². The smallest absolute Gasteiger partial charge is 0.339 e. The number of anilines is 4. The van der Waals surface area contributed by atoms with Crippen molar-refractivity contribution in [2.75, 3.05) is 35.5 Å². The van der Waals surface area contributed by atoms with Gasteiger partial charge in [0.05, 0.1) is 61.0 Å². The molecule has 12 N–H and O–H groups in total. The molecule has 0 fully saturated rings. The minimum absolute atomic E-state index is 0.0521. The summed E-state index contributed by atoms with van der Waals surface area (Å²) in [6.07, 6.45) is 2.74. The summed E-state index contributed by atoms with van der Waals surface area (Å²) >= 11 is 0.